The molecule has 0 bridgehead atoms. The van der Waals surface area contributed by atoms with Gasteiger partial charge in [0.15, 0.2) is 0 Å². The maximum Gasteiger partial charge on any atom is 0.253 e. The van der Waals surface area contributed by atoms with Crippen molar-refractivity contribution >= 4 is 5.91 Å². The third-order valence-electron chi connectivity index (χ3n) is 5.13. The van der Waals surface area contributed by atoms with Crippen LogP contribution in [0, 0.1) is 25.7 Å². The molecule has 1 amide bonds. The molecule has 0 radical (unpaired) electrons. The summed E-state index contributed by atoms with van der Waals surface area (Å²) in [4.78, 5) is 14.7. The highest BCUT2D eigenvalue weighted by molar-refractivity contribution is 5.94. The van der Waals surface area contributed by atoms with Crippen LogP contribution in [0.1, 0.15) is 40.7 Å². The van der Waals surface area contributed by atoms with Gasteiger partial charge in [-0.05, 0) is 68.2 Å². The van der Waals surface area contributed by atoms with Gasteiger partial charge in [0.05, 0.1) is 0 Å². The van der Waals surface area contributed by atoms with E-state index < -0.39 is 0 Å². The molecule has 1 saturated heterocycles. The lowest BCUT2D eigenvalue weighted by Crippen LogP contribution is -2.32. The largest absolute Gasteiger partial charge is 0.338 e. The quantitative estimate of drug-likeness (QED) is 0.854. The van der Waals surface area contributed by atoms with Crippen molar-refractivity contribution in [3.63, 3.8) is 0 Å². The summed E-state index contributed by atoms with van der Waals surface area (Å²) in [5, 5.41) is 0. The summed E-state index contributed by atoms with van der Waals surface area (Å²) in [5.74, 6) is 1.48. The van der Waals surface area contributed by atoms with Crippen molar-refractivity contribution in [3.8, 4) is 0 Å². The number of amides is 1. The molecule has 1 aliphatic heterocycles. The van der Waals surface area contributed by atoms with Crippen LogP contribution in [0.5, 0.6) is 0 Å². The molecule has 2 aliphatic rings. The number of hydrogen-bond donors (Lipinski definition) is 1. The predicted molar refractivity (Wildman–Crippen MR) is 80.6 cm³/mol. The summed E-state index contributed by atoms with van der Waals surface area (Å²) in [6.07, 6.45) is 3.39. The summed E-state index contributed by atoms with van der Waals surface area (Å²) in [5.41, 5.74) is 9.31. The van der Waals surface area contributed by atoms with Crippen molar-refractivity contribution in [2.45, 2.75) is 39.2 Å². The number of nitrogens with two attached hydrogens (primary N) is 1. The molecule has 1 aromatic carbocycles. The number of aryl methyl sites for hydroxylation is 2. The number of nitrogens with zero attached hydrogens (tertiary/aromatic N) is 1. The van der Waals surface area contributed by atoms with Gasteiger partial charge in [0.1, 0.15) is 0 Å². The van der Waals surface area contributed by atoms with E-state index in [0.717, 1.165) is 31.5 Å². The first-order valence-electron chi connectivity index (χ1n) is 7.66. The molecule has 3 rings (SSSR count). The van der Waals surface area contributed by atoms with Crippen molar-refractivity contribution < 1.29 is 4.79 Å². The molecule has 0 spiro atoms. The van der Waals surface area contributed by atoms with E-state index in [1.54, 1.807) is 0 Å². The van der Waals surface area contributed by atoms with E-state index in [4.69, 9.17) is 5.73 Å². The van der Waals surface area contributed by atoms with Crippen molar-refractivity contribution in [2.75, 3.05) is 13.1 Å². The van der Waals surface area contributed by atoms with Gasteiger partial charge in [-0.3, -0.25) is 4.79 Å². The second-order valence-corrected chi connectivity index (χ2v) is 6.60. The van der Waals surface area contributed by atoms with Crippen LogP contribution >= 0.6 is 0 Å². The first kappa shape index (κ1) is 13.6. The third kappa shape index (κ3) is 2.47. The van der Waals surface area contributed by atoms with E-state index >= 15 is 0 Å². The molecule has 1 saturated carbocycles. The zero-order valence-electron chi connectivity index (χ0n) is 12.4. The first-order chi connectivity index (χ1) is 9.54. The van der Waals surface area contributed by atoms with Gasteiger partial charge in [0.25, 0.3) is 5.91 Å². The summed E-state index contributed by atoms with van der Waals surface area (Å²) < 4.78 is 0. The van der Waals surface area contributed by atoms with Gasteiger partial charge >= 0.3 is 0 Å². The zero-order chi connectivity index (χ0) is 14.3. The van der Waals surface area contributed by atoms with Crippen molar-refractivity contribution in [3.05, 3.63) is 34.9 Å². The lowest BCUT2D eigenvalue weighted by molar-refractivity contribution is 0.0784. The molecule has 3 atom stereocenters. The van der Waals surface area contributed by atoms with Crippen molar-refractivity contribution in [1.82, 2.24) is 4.90 Å². The third-order valence-corrected chi connectivity index (χ3v) is 5.13. The summed E-state index contributed by atoms with van der Waals surface area (Å²) in [6.45, 7) is 5.96. The Balaban J connectivity index is 1.73. The second kappa shape index (κ2) is 5.21. The van der Waals surface area contributed by atoms with Crippen LogP contribution in [0.4, 0.5) is 0 Å². The Labute approximate surface area is 121 Å². The average molecular weight is 272 g/mol. The standard InChI is InChI=1S/C17H24N2O/c1-11-3-4-13(7-12(11)2)17(20)19-9-14-5-6-16(18)8-15(14)10-19/h3-4,7,14-16H,5-6,8-10,18H2,1-2H3/t14-,15+,16?/m1/s1. The molecule has 2 N–H and O–H groups in total. The van der Waals surface area contributed by atoms with E-state index in [9.17, 15) is 4.79 Å². The Kier molecular flexibility index (Phi) is 3.55. The van der Waals surface area contributed by atoms with Crippen molar-refractivity contribution in [1.29, 1.82) is 0 Å². The minimum Gasteiger partial charge on any atom is -0.338 e. The normalized spacial score (nSPS) is 29.4. The molecule has 1 aliphatic carbocycles. The summed E-state index contributed by atoms with van der Waals surface area (Å²) >= 11 is 0. The fraction of sp³-hybridized carbons (Fsp3) is 0.588. The Hall–Kier alpha value is -1.35. The van der Waals surface area contributed by atoms with Gasteiger partial charge in [-0.1, -0.05) is 6.07 Å². The Morgan fingerprint density at radius 1 is 1.15 bits per heavy atom. The molecule has 2 fully saturated rings. The number of carbonyl (C=O) groups excluding carboxylic acids is 1. The Bertz CT molecular complexity index is 526. The molecule has 108 valence electrons. The zero-order valence-corrected chi connectivity index (χ0v) is 12.4. The fourth-order valence-corrected chi connectivity index (χ4v) is 3.69. The van der Waals surface area contributed by atoms with E-state index in [0.29, 0.717) is 17.9 Å². The molecule has 1 aromatic rings. The number of fused-ring (bicyclic) bond motifs is 1. The van der Waals surface area contributed by atoms with Gasteiger partial charge in [-0.15, -0.1) is 0 Å². The smallest absolute Gasteiger partial charge is 0.253 e. The molecule has 1 heterocycles. The minimum atomic E-state index is 0.191. The Morgan fingerprint density at radius 2 is 1.90 bits per heavy atom. The van der Waals surface area contributed by atoms with E-state index in [2.05, 4.69) is 13.8 Å². The minimum absolute atomic E-state index is 0.191. The van der Waals surface area contributed by atoms with E-state index in [-0.39, 0.29) is 5.91 Å². The highest BCUT2D eigenvalue weighted by Crippen LogP contribution is 2.36. The van der Waals surface area contributed by atoms with Crippen LogP contribution in [0.25, 0.3) is 0 Å². The number of likely N-dealkylation sites (tertiary alicyclic amines) is 1. The number of hydrogen-bond acceptors (Lipinski definition) is 2. The van der Waals surface area contributed by atoms with Gasteiger partial charge in [-0.2, -0.15) is 0 Å². The van der Waals surface area contributed by atoms with E-state index in [1.807, 2.05) is 23.1 Å². The molecule has 0 aromatic heterocycles. The maximum atomic E-state index is 12.6. The van der Waals surface area contributed by atoms with Gasteiger partial charge in [-0.25, -0.2) is 0 Å². The van der Waals surface area contributed by atoms with E-state index in [1.165, 1.54) is 17.5 Å². The van der Waals surface area contributed by atoms with Crippen LogP contribution in [0.3, 0.4) is 0 Å². The first-order valence-corrected chi connectivity index (χ1v) is 7.66. The molecular formula is C17H24N2O. The SMILES string of the molecule is Cc1ccc(C(=O)N2C[C@H]3CCC(N)C[C@H]3C2)cc1C. The highest BCUT2D eigenvalue weighted by Gasteiger charge is 2.38. The molecule has 1 unspecified atom stereocenters. The van der Waals surface area contributed by atoms with Gasteiger partial charge < -0.3 is 10.6 Å². The average Bonchev–Trinajstić information content (AvgIpc) is 2.84. The molecule has 3 nitrogen and oxygen atoms in total. The summed E-state index contributed by atoms with van der Waals surface area (Å²) in [7, 11) is 0. The second-order valence-electron chi connectivity index (χ2n) is 6.60. The topological polar surface area (TPSA) is 46.3 Å². The summed E-state index contributed by atoms with van der Waals surface area (Å²) in [6, 6.07) is 6.36. The lowest BCUT2D eigenvalue weighted by atomic mass is 9.79. The van der Waals surface area contributed by atoms with Gasteiger partial charge in [0.2, 0.25) is 0 Å². The van der Waals surface area contributed by atoms with Crippen LogP contribution < -0.4 is 5.73 Å². The number of benzene rings is 1. The van der Waals surface area contributed by atoms with Crippen LogP contribution in [0.15, 0.2) is 18.2 Å². The molecule has 3 heteroatoms. The molecule has 20 heavy (non-hydrogen) atoms. The van der Waals surface area contributed by atoms with Crippen LogP contribution in [-0.4, -0.2) is 29.9 Å². The number of carbonyl (C=O) groups is 1. The molecular weight excluding hydrogens is 248 g/mol. The van der Waals surface area contributed by atoms with Gasteiger partial charge in [0, 0.05) is 24.7 Å². The van der Waals surface area contributed by atoms with Crippen LogP contribution in [0.2, 0.25) is 0 Å². The highest BCUT2D eigenvalue weighted by atomic mass is 16.2. The predicted octanol–water partition coefficient (Wildman–Crippen LogP) is 2.50. The fourth-order valence-electron chi connectivity index (χ4n) is 3.69. The lowest BCUT2D eigenvalue weighted by Gasteiger charge is -2.27. The van der Waals surface area contributed by atoms with Crippen molar-refractivity contribution in [2.24, 2.45) is 17.6 Å². The Morgan fingerprint density at radius 3 is 2.65 bits per heavy atom. The maximum absolute atomic E-state index is 12.6. The van der Waals surface area contributed by atoms with Crippen LogP contribution in [-0.2, 0) is 0 Å². The number of rotatable bonds is 1. The monoisotopic (exact) mass is 272 g/mol.